The summed E-state index contributed by atoms with van der Waals surface area (Å²) in [6.07, 6.45) is 15.3. The van der Waals surface area contributed by atoms with Gasteiger partial charge in [-0.1, -0.05) is 98.8 Å². The molecular formula is C46H52N2P2. The van der Waals surface area contributed by atoms with E-state index in [0.717, 1.165) is 42.7 Å². The van der Waals surface area contributed by atoms with Gasteiger partial charge in [0.2, 0.25) is 0 Å². The minimum absolute atomic E-state index is 0.253. The Morgan fingerprint density at radius 2 is 1.20 bits per heavy atom. The lowest BCUT2D eigenvalue weighted by Crippen LogP contribution is -2.56. The Balaban J connectivity index is 1.32. The lowest BCUT2D eigenvalue weighted by molar-refractivity contribution is -0.0520. The van der Waals surface area contributed by atoms with Crippen molar-refractivity contribution in [3.05, 3.63) is 155 Å². The average molecular weight is 695 g/mol. The summed E-state index contributed by atoms with van der Waals surface area (Å²) in [5.41, 5.74) is 11.8. The smallest absolute Gasteiger partial charge is 0.0695 e. The van der Waals surface area contributed by atoms with Gasteiger partial charge in [0.25, 0.3) is 0 Å². The van der Waals surface area contributed by atoms with E-state index in [4.69, 9.17) is 9.97 Å². The molecule has 2 nitrogen and oxygen atoms in total. The van der Waals surface area contributed by atoms with Crippen LogP contribution in [0, 0.1) is 23.7 Å². The number of hydrogen-bond acceptors (Lipinski definition) is 2. The van der Waals surface area contributed by atoms with Crippen LogP contribution in [0.1, 0.15) is 91.2 Å². The zero-order valence-electron chi connectivity index (χ0n) is 29.8. The first-order valence-corrected chi connectivity index (χ1v) is 21.4. The maximum Gasteiger partial charge on any atom is 0.0695 e. The number of nitrogens with zero attached hydrogens (tertiary/aromatic N) is 2. The van der Waals surface area contributed by atoms with Crippen LogP contribution in [0.4, 0.5) is 0 Å². The van der Waals surface area contributed by atoms with Crippen LogP contribution in [-0.4, -0.2) is 16.1 Å². The average Bonchev–Trinajstić information content (AvgIpc) is 3.15. The van der Waals surface area contributed by atoms with Crippen LogP contribution >= 0.6 is 17.2 Å². The number of benzene rings is 3. The van der Waals surface area contributed by atoms with Crippen molar-refractivity contribution in [3.63, 3.8) is 0 Å². The van der Waals surface area contributed by atoms with Crippen LogP contribution in [0.5, 0.6) is 0 Å². The van der Waals surface area contributed by atoms with Crippen LogP contribution < -0.4 is 10.9 Å². The van der Waals surface area contributed by atoms with E-state index in [2.05, 4.69) is 120 Å². The van der Waals surface area contributed by atoms with Crippen molar-refractivity contribution in [3.8, 4) is 0 Å². The van der Waals surface area contributed by atoms with Crippen LogP contribution in [-0.2, 0) is 24.4 Å². The molecule has 6 atom stereocenters. The Bertz CT molecular complexity index is 1810. The lowest BCUT2D eigenvalue weighted by Gasteiger charge is -2.62. The topological polar surface area (TPSA) is 25.8 Å². The van der Waals surface area contributed by atoms with E-state index in [-0.39, 0.29) is 5.41 Å². The molecule has 256 valence electrons. The van der Waals surface area contributed by atoms with Crippen molar-refractivity contribution in [2.24, 2.45) is 23.7 Å². The van der Waals surface area contributed by atoms with Crippen molar-refractivity contribution in [1.82, 2.24) is 9.97 Å². The SMILES string of the molecule is CC(Cc1ccccc1)c1cc(CP(c2ccccn2)c2ccccn2)c(C23CC4CC(CC(C4)C2CP)C3)cc1C(C)Cc1ccccc1. The highest BCUT2D eigenvalue weighted by molar-refractivity contribution is 7.71. The van der Waals surface area contributed by atoms with Gasteiger partial charge in [-0.05, 0) is 150 Å². The number of pyridine rings is 2. The minimum Gasteiger partial charge on any atom is -0.256 e. The van der Waals surface area contributed by atoms with E-state index in [1.165, 1.54) is 60.3 Å². The van der Waals surface area contributed by atoms with Crippen molar-refractivity contribution in [2.45, 2.75) is 82.2 Å². The van der Waals surface area contributed by atoms with Gasteiger partial charge < -0.3 is 0 Å². The summed E-state index contributed by atoms with van der Waals surface area (Å²) in [4.78, 5) is 9.99. The summed E-state index contributed by atoms with van der Waals surface area (Å²) >= 11 is 0. The fraction of sp³-hybridized carbons (Fsp3) is 0.391. The third-order valence-electron chi connectivity index (χ3n) is 12.6. The highest BCUT2D eigenvalue weighted by atomic mass is 31.1. The fourth-order valence-electron chi connectivity index (χ4n) is 10.7. The first-order chi connectivity index (χ1) is 24.5. The molecule has 0 saturated heterocycles. The minimum atomic E-state index is -0.775. The molecule has 50 heavy (non-hydrogen) atoms. The van der Waals surface area contributed by atoms with Gasteiger partial charge in [-0.15, -0.1) is 9.24 Å². The van der Waals surface area contributed by atoms with E-state index in [9.17, 15) is 0 Å². The predicted molar refractivity (Wildman–Crippen MR) is 215 cm³/mol. The highest BCUT2D eigenvalue weighted by Crippen LogP contribution is 2.65. The first-order valence-electron chi connectivity index (χ1n) is 19.1. The van der Waals surface area contributed by atoms with Crippen molar-refractivity contribution >= 4 is 28.0 Å². The van der Waals surface area contributed by atoms with Crippen LogP contribution in [0.2, 0.25) is 0 Å². The molecule has 0 aliphatic heterocycles. The molecule has 4 aliphatic carbocycles. The number of hydrogen-bond donors (Lipinski definition) is 0. The Morgan fingerprint density at radius 3 is 1.70 bits per heavy atom. The number of rotatable bonds is 12. The normalized spacial score (nSPS) is 25.1. The molecule has 9 rings (SSSR count). The molecule has 4 aliphatic rings. The molecular weight excluding hydrogens is 642 g/mol. The summed E-state index contributed by atoms with van der Waals surface area (Å²) in [6.45, 7) is 4.97. The monoisotopic (exact) mass is 694 g/mol. The maximum atomic E-state index is 5.00. The van der Waals surface area contributed by atoms with E-state index >= 15 is 0 Å². The van der Waals surface area contributed by atoms with E-state index in [1.54, 1.807) is 22.3 Å². The van der Waals surface area contributed by atoms with Gasteiger partial charge in [0.15, 0.2) is 0 Å². The molecule has 0 N–H and O–H groups in total. The quantitative estimate of drug-likeness (QED) is 0.122. The van der Waals surface area contributed by atoms with E-state index in [1.807, 2.05) is 24.5 Å². The molecule has 0 spiro atoms. The standard InChI is InChI=1S/C46H52N2P2/c1-32(21-34-13-5-3-6-14-34)40-26-39(31-50(44-17-9-11-19-47-44)45-18-10-12-20-48-45)42(27-41(40)33(2)22-35-15-7-4-8-16-35)46-28-36-23-37(29-46)25-38(24-36)43(46)30-49/h3-20,26-27,32-33,36-38,43H,21-25,28-31,49H2,1-2H3. The Morgan fingerprint density at radius 1 is 0.680 bits per heavy atom. The second-order valence-corrected chi connectivity index (χ2v) is 18.4. The van der Waals surface area contributed by atoms with Crippen LogP contribution in [0.15, 0.2) is 122 Å². The molecule has 3 aromatic carbocycles. The Kier molecular flexibility index (Phi) is 10.1. The van der Waals surface area contributed by atoms with Crippen LogP contribution in [0.3, 0.4) is 0 Å². The van der Waals surface area contributed by atoms with Crippen LogP contribution in [0.25, 0.3) is 0 Å². The Labute approximate surface area is 303 Å². The fourth-order valence-corrected chi connectivity index (χ4v) is 13.7. The molecule has 4 saturated carbocycles. The Hall–Kier alpha value is -3.18. The molecule has 2 heterocycles. The molecule has 0 radical (unpaired) electrons. The van der Waals surface area contributed by atoms with E-state index in [0.29, 0.717) is 11.8 Å². The van der Waals surface area contributed by atoms with Crippen molar-refractivity contribution < 1.29 is 0 Å². The highest BCUT2D eigenvalue weighted by Gasteiger charge is 2.57. The second kappa shape index (κ2) is 14.8. The third-order valence-corrected chi connectivity index (χ3v) is 15.4. The van der Waals surface area contributed by atoms with Gasteiger partial charge in [-0.2, -0.15) is 0 Å². The van der Waals surface area contributed by atoms with Crippen molar-refractivity contribution in [1.29, 1.82) is 0 Å². The first kappa shape index (κ1) is 33.9. The number of aromatic nitrogens is 2. The largest absolute Gasteiger partial charge is 0.256 e. The summed E-state index contributed by atoms with van der Waals surface area (Å²) < 4.78 is 0. The zero-order valence-corrected chi connectivity index (χ0v) is 31.8. The molecule has 4 fully saturated rings. The third kappa shape index (κ3) is 6.76. The van der Waals surface area contributed by atoms with E-state index < -0.39 is 7.92 Å². The second-order valence-electron chi connectivity index (χ2n) is 15.9. The van der Waals surface area contributed by atoms with Gasteiger partial charge >= 0.3 is 0 Å². The molecule has 5 aromatic rings. The summed E-state index contributed by atoms with van der Waals surface area (Å²) in [6, 6.07) is 40.7. The van der Waals surface area contributed by atoms with Crippen molar-refractivity contribution in [2.75, 3.05) is 6.16 Å². The van der Waals surface area contributed by atoms with Gasteiger partial charge in [0.05, 0.1) is 10.9 Å². The van der Waals surface area contributed by atoms with Gasteiger partial charge in [-0.25, -0.2) is 0 Å². The maximum absolute atomic E-state index is 5.00. The van der Waals surface area contributed by atoms with Gasteiger partial charge in [-0.3, -0.25) is 9.97 Å². The van der Waals surface area contributed by atoms with Gasteiger partial charge in [0.1, 0.15) is 0 Å². The van der Waals surface area contributed by atoms with Gasteiger partial charge in [0, 0.05) is 26.5 Å². The molecule has 4 bridgehead atoms. The molecule has 6 unspecified atom stereocenters. The zero-order chi connectivity index (χ0) is 34.1. The molecule has 2 aromatic heterocycles. The summed E-state index contributed by atoms with van der Waals surface area (Å²) in [5, 5.41) is 0. The predicted octanol–water partition coefficient (Wildman–Crippen LogP) is 10.4. The summed E-state index contributed by atoms with van der Waals surface area (Å²) in [5.74, 6) is 4.19. The molecule has 0 amide bonds. The molecule has 4 heteroatoms. The lowest BCUT2D eigenvalue weighted by atomic mass is 9.43. The summed E-state index contributed by atoms with van der Waals surface area (Å²) in [7, 11) is 2.45.